The van der Waals surface area contributed by atoms with Crippen molar-refractivity contribution in [2.45, 2.75) is 57.5 Å². The van der Waals surface area contributed by atoms with Gasteiger partial charge in [-0.2, -0.15) is 0 Å². The molecule has 1 saturated heterocycles. The van der Waals surface area contributed by atoms with E-state index in [0.717, 1.165) is 45.1 Å². The van der Waals surface area contributed by atoms with Crippen LogP contribution in [0.25, 0.3) is 0 Å². The first-order valence-electron chi connectivity index (χ1n) is 8.32. The third-order valence-corrected chi connectivity index (χ3v) is 4.98. The van der Waals surface area contributed by atoms with Crippen molar-refractivity contribution in [2.75, 3.05) is 13.1 Å². The molecule has 1 N–H and O–H groups in total. The molecule has 2 aliphatic carbocycles. The number of likely N-dealkylation sites (tertiary alicyclic amines) is 1. The smallest absolute Gasteiger partial charge is 0.326 e. The summed E-state index contributed by atoms with van der Waals surface area (Å²) in [6.45, 7) is 2.77. The quantitative estimate of drug-likeness (QED) is 0.825. The second kappa shape index (κ2) is 5.89. The highest BCUT2D eigenvalue weighted by Crippen LogP contribution is 2.34. The molecule has 6 heteroatoms. The number of amides is 2. The number of hydrogen-bond acceptors (Lipinski definition) is 3. The first kappa shape index (κ1) is 15.3. The van der Waals surface area contributed by atoms with E-state index in [4.69, 9.17) is 0 Å². The largest absolute Gasteiger partial charge is 0.480 e. The number of hydrogen-bond donors (Lipinski definition) is 1. The third kappa shape index (κ3) is 3.10. The van der Waals surface area contributed by atoms with Crippen LogP contribution in [0.15, 0.2) is 0 Å². The van der Waals surface area contributed by atoms with Gasteiger partial charge in [0.25, 0.3) is 0 Å². The predicted molar refractivity (Wildman–Crippen MR) is 79.0 cm³/mol. The Morgan fingerprint density at radius 1 is 1.09 bits per heavy atom. The number of aliphatic carboxylic acids is 1. The Morgan fingerprint density at radius 3 is 2.32 bits per heavy atom. The van der Waals surface area contributed by atoms with Crippen molar-refractivity contribution < 1.29 is 19.5 Å². The summed E-state index contributed by atoms with van der Waals surface area (Å²) >= 11 is 0. The van der Waals surface area contributed by atoms with E-state index in [2.05, 4.69) is 0 Å². The average molecular weight is 308 g/mol. The molecule has 1 aliphatic heterocycles. The van der Waals surface area contributed by atoms with Crippen molar-refractivity contribution in [3.63, 3.8) is 0 Å². The van der Waals surface area contributed by atoms with Crippen LogP contribution >= 0.6 is 0 Å². The Hall–Kier alpha value is -1.59. The molecule has 122 valence electrons. The van der Waals surface area contributed by atoms with Crippen molar-refractivity contribution in [1.82, 2.24) is 9.80 Å². The summed E-state index contributed by atoms with van der Waals surface area (Å²) in [6, 6.07) is -0.706. The summed E-state index contributed by atoms with van der Waals surface area (Å²) in [6.07, 6.45) is 5.30. The number of nitrogens with zero attached hydrogens (tertiary/aromatic N) is 2. The molecule has 0 aromatic carbocycles. The summed E-state index contributed by atoms with van der Waals surface area (Å²) in [5.74, 6) is -0.917. The van der Waals surface area contributed by atoms with Crippen LogP contribution in [0, 0.1) is 11.8 Å². The maximum absolute atomic E-state index is 12.8. The molecule has 0 bridgehead atoms. The highest BCUT2D eigenvalue weighted by Gasteiger charge is 2.43. The SMILES string of the molecule is CC(C(=O)O)N(C(=O)C1CCCN(C(=O)C2CC2)C1)C1CC1. The summed E-state index contributed by atoms with van der Waals surface area (Å²) in [7, 11) is 0. The number of carbonyl (C=O) groups excluding carboxylic acids is 2. The number of carboxylic acid groups (broad SMARTS) is 1. The molecule has 2 atom stereocenters. The molecule has 0 aromatic rings. The maximum Gasteiger partial charge on any atom is 0.326 e. The average Bonchev–Trinajstić information content (AvgIpc) is 3.38. The van der Waals surface area contributed by atoms with E-state index in [1.165, 1.54) is 0 Å². The topological polar surface area (TPSA) is 77.9 Å². The molecule has 0 aromatic heterocycles. The Labute approximate surface area is 130 Å². The van der Waals surface area contributed by atoms with Crippen LogP contribution < -0.4 is 0 Å². The lowest BCUT2D eigenvalue weighted by Crippen LogP contribution is -2.51. The Bertz CT molecular complexity index is 485. The highest BCUT2D eigenvalue weighted by molar-refractivity contribution is 5.87. The van der Waals surface area contributed by atoms with Crippen LogP contribution in [-0.4, -0.2) is 57.9 Å². The molecule has 2 unspecified atom stereocenters. The molecule has 2 amide bonds. The fourth-order valence-corrected chi connectivity index (χ4v) is 3.34. The zero-order valence-corrected chi connectivity index (χ0v) is 13.0. The molecule has 3 fully saturated rings. The molecule has 3 aliphatic rings. The number of rotatable bonds is 5. The van der Waals surface area contributed by atoms with Crippen LogP contribution in [0.1, 0.15) is 45.4 Å². The summed E-state index contributed by atoms with van der Waals surface area (Å²) in [5, 5.41) is 9.24. The molecular weight excluding hydrogens is 284 g/mol. The zero-order chi connectivity index (χ0) is 15.9. The monoisotopic (exact) mass is 308 g/mol. The van der Waals surface area contributed by atoms with Crippen molar-refractivity contribution in [3.8, 4) is 0 Å². The van der Waals surface area contributed by atoms with Gasteiger partial charge in [-0.05, 0) is 45.4 Å². The first-order chi connectivity index (χ1) is 10.5. The normalized spacial score (nSPS) is 26.4. The minimum Gasteiger partial charge on any atom is -0.480 e. The molecule has 6 nitrogen and oxygen atoms in total. The lowest BCUT2D eigenvalue weighted by atomic mass is 9.95. The van der Waals surface area contributed by atoms with Gasteiger partial charge >= 0.3 is 5.97 Å². The van der Waals surface area contributed by atoms with Crippen LogP contribution in [0.5, 0.6) is 0 Å². The molecule has 2 saturated carbocycles. The van der Waals surface area contributed by atoms with Crippen LogP contribution in [0.3, 0.4) is 0 Å². The van der Waals surface area contributed by atoms with Crippen LogP contribution in [0.4, 0.5) is 0 Å². The van der Waals surface area contributed by atoms with Crippen LogP contribution in [-0.2, 0) is 14.4 Å². The molecule has 0 spiro atoms. The first-order valence-corrected chi connectivity index (χ1v) is 8.32. The minimum atomic E-state index is -0.957. The highest BCUT2D eigenvalue weighted by atomic mass is 16.4. The van der Waals surface area contributed by atoms with E-state index in [0.29, 0.717) is 6.54 Å². The summed E-state index contributed by atoms with van der Waals surface area (Å²) in [4.78, 5) is 39.6. The lowest BCUT2D eigenvalue weighted by Gasteiger charge is -2.36. The van der Waals surface area contributed by atoms with Crippen molar-refractivity contribution in [2.24, 2.45) is 11.8 Å². The summed E-state index contributed by atoms with van der Waals surface area (Å²) in [5.41, 5.74) is 0. The number of carbonyl (C=O) groups is 3. The van der Waals surface area contributed by atoms with Gasteiger partial charge in [0.15, 0.2) is 0 Å². The number of carboxylic acids is 1. The van der Waals surface area contributed by atoms with Gasteiger partial charge in [0.05, 0.1) is 5.92 Å². The third-order valence-electron chi connectivity index (χ3n) is 4.98. The molecule has 1 heterocycles. The fourth-order valence-electron chi connectivity index (χ4n) is 3.34. The van der Waals surface area contributed by atoms with E-state index in [1.807, 2.05) is 4.90 Å². The Balaban J connectivity index is 1.66. The Kier molecular flexibility index (Phi) is 4.10. The van der Waals surface area contributed by atoms with Gasteiger partial charge in [0, 0.05) is 25.0 Å². The van der Waals surface area contributed by atoms with E-state index in [9.17, 15) is 19.5 Å². The van der Waals surface area contributed by atoms with Gasteiger partial charge in [-0.3, -0.25) is 9.59 Å². The van der Waals surface area contributed by atoms with Gasteiger partial charge in [0.2, 0.25) is 11.8 Å². The number of piperidine rings is 1. The minimum absolute atomic E-state index is 0.0770. The van der Waals surface area contributed by atoms with E-state index >= 15 is 0 Å². The van der Waals surface area contributed by atoms with Crippen molar-refractivity contribution in [3.05, 3.63) is 0 Å². The van der Waals surface area contributed by atoms with Gasteiger partial charge in [-0.15, -0.1) is 0 Å². The van der Waals surface area contributed by atoms with Crippen LogP contribution in [0.2, 0.25) is 0 Å². The second-order valence-electron chi connectivity index (χ2n) is 6.89. The molecule has 22 heavy (non-hydrogen) atoms. The van der Waals surface area contributed by atoms with Gasteiger partial charge in [0.1, 0.15) is 6.04 Å². The second-order valence-corrected chi connectivity index (χ2v) is 6.89. The predicted octanol–water partition coefficient (Wildman–Crippen LogP) is 1.10. The van der Waals surface area contributed by atoms with Crippen molar-refractivity contribution >= 4 is 17.8 Å². The Morgan fingerprint density at radius 2 is 1.77 bits per heavy atom. The van der Waals surface area contributed by atoms with Gasteiger partial charge in [-0.1, -0.05) is 0 Å². The zero-order valence-electron chi connectivity index (χ0n) is 13.0. The van der Waals surface area contributed by atoms with E-state index in [-0.39, 0.29) is 29.7 Å². The summed E-state index contributed by atoms with van der Waals surface area (Å²) < 4.78 is 0. The van der Waals surface area contributed by atoms with Crippen molar-refractivity contribution in [1.29, 1.82) is 0 Å². The maximum atomic E-state index is 12.8. The lowest BCUT2D eigenvalue weighted by molar-refractivity contribution is -0.153. The van der Waals surface area contributed by atoms with E-state index < -0.39 is 12.0 Å². The van der Waals surface area contributed by atoms with E-state index in [1.54, 1.807) is 11.8 Å². The fraction of sp³-hybridized carbons (Fsp3) is 0.812. The van der Waals surface area contributed by atoms with Gasteiger partial charge in [-0.25, -0.2) is 4.79 Å². The standard InChI is InChI=1S/C16H24N2O4/c1-10(16(21)22)18(13-6-7-13)15(20)12-3-2-8-17(9-12)14(19)11-4-5-11/h10-13H,2-9H2,1H3,(H,21,22). The molecule has 3 rings (SSSR count). The van der Waals surface area contributed by atoms with Gasteiger partial charge < -0.3 is 14.9 Å². The molecular formula is C16H24N2O4. The molecule has 0 radical (unpaired) electrons.